The van der Waals surface area contributed by atoms with Gasteiger partial charge >= 0.3 is 111 Å². The summed E-state index contributed by atoms with van der Waals surface area (Å²) in [5.41, 5.74) is 5.32. The standard InChI is InChI=1S/C32H36FN4O6.Pb/c1-5-7-27(39)34-16-43-15-28(40)35-24-9-8-19-17(3)23(33)11-25-29(19)30(24)21-12-37-26(31(21)36-25)10-20(18(6-2)13-38)22(14-42-4)32(37)41;/h10-11,13,18,24H,1,5-9,12,14-16H2,2-4H3,(H,34,39)(H,35,40);. The Kier molecular flexibility index (Phi) is 10.3. The maximum absolute atomic E-state index is 15.1. The van der Waals surface area contributed by atoms with Gasteiger partial charge in [0.2, 0.25) is 0 Å². The van der Waals surface area contributed by atoms with Crippen LogP contribution in [0.15, 0.2) is 16.9 Å². The first-order valence-corrected chi connectivity index (χ1v) is 17.6. The van der Waals surface area contributed by atoms with E-state index in [1.807, 2.05) is 13.0 Å². The first-order chi connectivity index (χ1) is 21.2. The van der Waals surface area contributed by atoms with E-state index in [9.17, 15) is 19.2 Å². The molecule has 0 spiro atoms. The molecule has 1 aliphatic heterocycles. The second-order valence-corrected chi connectivity index (χ2v) is 13.2. The molecule has 5 rings (SSSR count). The summed E-state index contributed by atoms with van der Waals surface area (Å²) in [7, 11) is 1.51. The van der Waals surface area contributed by atoms with Gasteiger partial charge in [0.25, 0.3) is 5.56 Å². The zero-order valence-electron chi connectivity index (χ0n) is 25.2. The molecule has 231 valence electrons. The van der Waals surface area contributed by atoms with E-state index in [-0.39, 0.29) is 49.7 Å². The number of hydrogen-bond acceptors (Lipinski definition) is 7. The third-order valence-corrected chi connectivity index (χ3v) is 9.96. The number of methoxy groups -OCH3 is 1. The number of benzene rings is 1. The van der Waals surface area contributed by atoms with Crippen LogP contribution in [-0.4, -0.2) is 73.9 Å². The van der Waals surface area contributed by atoms with Gasteiger partial charge in [0.05, 0.1) is 30.1 Å². The van der Waals surface area contributed by atoms with Gasteiger partial charge in [-0.15, -0.1) is 0 Å². The molecule has 2 atom stereocenters. The van der Waals surface area contributed by atoms with Crippen LogP contribution in [0.1, 0.15) is 77.9 Å². The molecular formula is C32H36FN4O6Pb. The number of carbonyl (C=O) groups excluding carboxylic acids is 3. The first kappa shape index (κ1) is 32.4. The number of rotatable bonds is 13. The van der Waals surface area contributed by atoms with Crippen LogP contribution >= 0.6 is 0 Å². The molecule has 3 aromatic rings. The first-order valence-electron chi connectivity index (χ1n) is 14.9. The number of halogens is 1. The van der Waals surface area contributed by atoms with E-state index in [4.69, 9.17) is 14.5 Å². The predicted molar refractivity (Wildman–Crippen MR) is 163 cm³/mol. The second-order valence-electron chi connectivity index (χ2n) is 11.3. The van der Waals surface area contributed by atoms with E-state index in [1.165, 1.54) is 13.2 Å². The zero-order valence-corrected chi connectivity index (χ0v) is 29.1. The van der Waals surface area contributed by atoms with Crippen molar-refractivity contribution in [2.45, 2.75) is 75.0 Å². The Balaban J connectivity index is 1.54. The van der Waals surface area contributed by atoms with Crippen molar-refractivity contribution in [2.24, 2.45) is 0 Å². The monoisotopic (exact) mass is 799 g/mol. The van der Waals surface area contributed by atoms with Crippen molar-refractivity contribution in [3.63, 3.8) is 0 Å². The number of aromatic nitrogens is 2. The van der Waals surface area contributed by atoms with E-state index in [1.54, 1.807) is 11.5 Å². The fourth-order valence-electron chi connectivity index (χ4n) is 6.37. The van der Waals surface area contributed by atoms with Crippen molar-refractivity contribution in [1.82, 2.24) is 20.2 Å². The summed E-state index contributed by atoms with van der Waals surface area (Å²) in [6, 6.07) is 2.82. The van der Waals surface area contributed by atoms with Crippen LogP contribution in [-0.2, 0) is 43.4 Å². The Morgan fingerprint density at radius 3 is 2.77 bits per heavy atom. The molecule has 12 heteroatoms. The Labute approximate surface area is 270 Å². The smallest absolute Gasteiger partial charge is 0.0245 e. The maximum atomic E-state index is 15.1. The van der Waals surface area contributed by atoms with Gasteiger partial charge in [0, 0.05) is 35.6 Å². The number of aryl methyl sites for hydroxylation is 1. The van der Waals surface area contributed by atoms with Crippen molar-refractivity contribution in [3.8, 4) is 11.4 Å². The van der Waals surface area contributed by atoms with Crippen LogP contribution in [0.5, 0.6) is 0 Å². The summed E-state index contributed by atoms with van der Waals surface area (Å²) >= 11 is 1.05. The van der Waals surface area contributed by atoms with Crippen molar-refractivity contribution < 1.29 is 28.2 Å². The molecule has 3 radical (unpaired) electrons. The molecule has 2 N–H and O–H groups in total. The summed E-state index contributed by atoms with van der Waals surface area (Å²) in [6.07, 6.45) is 3.71. The quantitative estimate of drug-likeness (QED) is 0.0921. The molecule has 0 saturated heterocycles. The molecule has 1 aliphatic carbocycles. The average Bonchev–Trinajstić information content (AvgIpc) is 3.38. The SMILES string of the molecule is CCC(C=O)c1cc2n(c(=O)c1COC)Cc1c-2nc2cc(F)c(C)c3c2c1C(NC(=O)COCNC(=O)CC[CH2][Pb])CC3. The van der Waals surface area contributed by atoms with E-state index >= 15 is 4.39 Å². The van der Waals surface area contributed by atoms with Gasteiger partial charge in [-0.05, 0) is 42.5 Å². The topological polar surface area (TPSA) is 129 Å². The van der Waals surface area contributed by atoms with Crippen LogP contribution in [0, 0.1) is 12.7 Å². The van der Waals surface area contributed by atoms with E-state index in [0.717, 1.165) is 64.5 Å². The van der Waals surface area contributed by atoms with E-state index in [0.29, 0.717) is 59.3 Å². The van der Waals surface area contributed by atoms with Crippen LogP contribution in [0.2, 0.25) is 3.98 Å². The number of nitrogens with one attached hydrogen (secondary N) is 2. The second kappa shape index (κ2) is 13.9. The fraction of sp³-hybridized carbons (Fsp3) is 0.469. The molecule has 2 unspecified atom stereocenters. The fourth-order valence-corrected chi connectivity index (χ4v) is 7.05. The Bertz CT molecular complexity index is 1690. The molecule has 3 heterocycles. The number of nitrogens with zero attached hydrogens (tertiary/aromatic N) is 2. The minimum atomic E-state index is -0.488. The minimum absolute atomic E-state index is 0.0574. The van der Waals surface area contributed by atoms with Gasteiger partial charge in [-0.25, -0.2) is 9.37 Å². The number of pyridine rings is 2. The molecular weight excluding hydrogens is 763 g/mol. The van der Waals surface area contributed by atoms with Crippen molar-refractivity contribution >= 4 is 54.8 Å². The number of hydrogen-bond donors (Lipinski definition) is 2. The predicted octanol–water partition coefficient (Wildman–Crippen LogP) is 3.27. The minimum Gasteiger partial charge on any atom is -0.0245 e. The molecule has 2 amide bonds. The van der Waals surface area contributed by atoms with Crippen molar-refractivity contribution in [3.05, 3.63) is 61.7 Å². The number of ether oxygens (including phenoxy) is 2. The summed E-state index contributed by atoms with van der Waals surface area (Å²) in [5, 5.41) is 6.54. The molecule has 0 bridgehead atoms. The summed E-state index contributed by atoms with van der Waals surface area (Å²) in [5.74, 6) is -1.30. The van der Waals surface area contributed by atoms with Crippen LogP contribution in [0.3, 0.4) is 0 Å². The number of carbonyl (C=O) groups is 3. The van der Waals surface area contributed by atoms with Gasteiger partial charge in [0.1, 0.15) is 12.1 Å². The van der Waals surface area contributed by atoms with Gasteiger partial charge in [-0.2, -0.15) is 0 Å². The number of amides is 2. The molecule has 2 aromatic heterocycles. The normalized spacial score (nSPS) is 15.5. The van der Waals surface area contributed by atoms with Gasteiger partial charge in [0.15, 0.2) is 0 Å². The third kappa shape index (κ3) is 6.10. The third-order valence-electron chi connectivity index (χ3n) is 8.58. The van der Waals surface area contributed by atoms with Crippen LogP contribution in [0.4, 0.5) is 4.39 Å². The molecule has 1 aromatic carbocycles. The number of fused-ring (bicyclic) bond motifs is 4. The molecule has 0 saturated carbocycles. The van der Waals surface area contributed by atoms with E-state index in [2.05, 4.69) is 10.6 Å². The Morgan fingerprint density at radius 2 is 2.07 bits per heavy atom. The van der Waals surface area contributed by atoms with Crippen LogP contribution in [0.25, 0.3) is 22.3 Å². The van der Waals surface area contributed by atoms with E-state index < -0.39 is 12.0 Å². The summed E-state index contributed by atoms with van der Waals surface area (Å²) < 4.78 is 28.6. The summed E-state index contributed by atoms with van der Waals surface area (Å²) in [6.45, 7) is 3.62. The van der Waals surface area contributed by atoms with Gasteiger partial charge in [-0.3, -0.25) is 4.79 Å². The van der Waals surface area contributed by atoms with Gasteiger partial charge < -0.3 is 14.1 Å². The van der Waals surface area contributed by atoms with Crippen LogP contribution < -0.4 is 16.2 Å². The number of aldehydes is 1. The van der Waals surface area contributed by atoms with Crippen molar-refractivity contribution in [2.75, 3.05) is 20.4 Å². The average molecular weight is 799 g/mol. The zero-order chi connectivity index (χ0) is 31.5. The Hall–Kier alpha value is -3.04. The van der Waals surface area contributed by atoms with Gasteiger partial charge in [-0.1, -0.05) is 6.92 Å². The molecule has 2 aliphatic rings. The summed E-state index contributed by atoms with van der Waals surface area (Å²) in [4.78, 5) is 55.6. The molecule has 10 nitrogen and oxygen atoms in total. The van der Waals surface area contributed by atoms with Crippen molar-refractivity contribution in [1.29, 1.82) is 0 Å². The molecule has 0 fully saturated rings. The molecule has 44 heavy (non-hydrogen) atoms. The Morgan fingerprint density at radius 1 is 1.27 bits per heavy atom.